The summed E-state index contributed by atoms with van der Waals surface area (Å²) in [4.78, 5) is 17.2. The van der Waals surface area contributed by atoms with Crippen molar-refractivity contribution in [3.05, 3.63) is 0 Å². The molecule has 1 aliphatic heterocycles. The van der Waals surface area contributed by atoms with E-state index >= 15 is 0 Å². The molecular weight excluding hydrogens is 256 g/mol. The molecular formula is C15H22N2OS. The van der Waals surface area contributed by atoms with Crippen LogP contribution < -0.4 is 5.32 Å². The Labute approximate surface area is 119 Å². The monoisotopic (exact) mass is 278 g/mol. The second-order valence-corrected chi connectivity index (χ2v) is 8.33. The minimum absolute atomic E-state index is 0.0850. The molecule has 0 spiro atoms. The largest absolute Gasteiger partial charge is 0.305 e. The molecule has 5 unspecified atom stereocenters. The Hall–Kier alpha value is -0.510. The third-order valence-electron chi connectivity index (χ3n) is 5.85. The van der Waals surface area contributed by atoms with Crippen LogP contribution in [0.15, 0.2) is 4.99 Å². The molecule has 3 saturated carbocycles. The first-order valence-corrected chi connectivity index (χ1v) is 8.53. The number of hydrogen-bond donors (Lipinski definition) is 1. The number of aliphatic imine (C=N–C) groups is 1. The van der Waals surface area contributed by atoms with Gasteiger partial charge in [0.15, 0.2) is 5.17 Å². The molecule has 1 amide bonds. The summed E-state index contributed by atoms with van der Waals surface area (Å²) < 4.78 is 0. The topological polar surface area (TPSA) is 41.5 Å². The summed E-state index contributed by atoms with van der Waals surface area (Å²) in [5.74, 6) is 2.38. The predicted molar refractivity (Wildman–Crippen MR) is 78.1 cm³/mol. The van der Waals surface area contributed by atoms with Crippen molar-refractivity contribution in [1.82, 2.24) is 5.32 Å². The molecule has 1 N–H and O–H groups in total. The van der Waals surface area contributed by atoms with E-state index in [1.807, 2.05) is 11.8 Å². The highest BCUT2D eigenvalue weighted by atomic mass is 32.2. The Morgan fingerprint density at radius 1 is 1.37 bits per heavy atom. The zero-order valence-electron chi connectivity index (χ0n) is 11.7. The molecule has 0 radical (unpaired) electrons. The maximum atomic E-state index is 12.3. The lowest BCUT2D eigenvalue weighted by atomic mass is 9.91. The quantitative estimate of drug-likeness (QED) is 0.844. The number of carbonyl (C=O) groups is 1. The predicted octanol–water partition coefficient (Wildman–Crippen LogP) is 2.81. The van der Waals surface area contributed by atoms with Crippen molar-refractivity contribution in [2.24, 2.45) is 28.2 Å². The second kappa shape index (κ2) is 4.00. The average molecular weight is 278 g/mol. The molecule has 0 aromatic heterocycles. The maximum Gasteiger partial charge on any atom is 0.233 e. The van der Waals surface area contributed by atoms with Crippen molar-refractivity contribution in [1.29, 1.82) is 0 Å². The van der Waals surface area contributed by atoms with Gasteiger partial charge in [-0.3, -0.25) is 9.79 Å². The van der Waals surface area contributed by atoms with Crippen molar-refractivity contribution in [3.63, 3.8) is 0 Å². The molecule has 4 heteroatoms. The maximum absolute atomic E-state index is 12.3. The highest BCUT2D eigenvalue weighted by Crippen LogP contribution is 2.61. The molecule has 1 saturated heterocycles. The number of nitrogens with zero attached hydrogens (tertiary/aromatic N) is 1. The molecule has 3 aliphatic carbocycles. The van der Waals surface area contributed by atoms with Crippen LogP contribution in [0.3, 0.4) is 0 Å². The van der Waals surface area contributed by atoms with Crippen LogP contribution >= 0.6 is 11.8 Å². The summed E-state index contributed by atoms with van der Waals surface area (Å²) in [6.07, 6.45) is 6.43. The van der Waals surface area contributed by atoms with E-state index in [-0.39, 0.29) is 11.3 Å². The van der Waals surface area contributed by atoms with Crippen molar-refractivity contribution < 1.29 is 4.79 Å². The van der Waals surface area contributed by atoms with Gasteiger partial charge in [-0.05, 0) is 43.4 Å². The van der Waals surface area contributed by atoms with E-state index in [4.69, 9.17) is 4.99 Å². The molecule has 19 heavy (non-hydrogen) atoms. The first-order valence-electron chi connectivity index (χ1n) is 7.65. The summed E-state index contributed by atoms with van der Waals surface area (Å²) in [6, 6.07) is 0.492. The van der Waals surface area contributed by atoms with Crippen LogP contribution in [0.5, 0.6) is 0 Å². The summed E-state index contributed by atoms with van der Waals surface area (Å²) in [5.41, 5.74) is -0.0850. The van der Waals surface area contributed by atoms with Gasteiger partial charge in [0.05, 0.1) is 11.5 Å². The third-order valence-corrected chi connectivity index (χ3v) is 7.15. The summed E-state index contributed by atoms with van der Waals surface area (Å²) in [6.45, 7) is 4.33. The van der Waals surface area contributed by atoms with Crippen molar-refractivity contribution in [2.45, 2.75) is 57.2 Å². The molecule has 0 aromatic rings. The molecule has 3 nitrogen and oxygen atoms in total. The Balaban J connectivity index is 1.49. The zero-order valence-corrected chi connectivity index (χ0v) is 12.5. The minimum atomic E-state index is -0.0850. The van der Waals surface area contributed by atoms with Gasteiger partial charge in [-0.25, -0.2) is 0 Å². The van der Waals surface area contributed by atoms with Crippen molar-refractivity contribution >= 4 is 22.8 Å². The number of carbonyl (C=O) groups excluding carboxylic acids is 1. The van der Waals surface area contributed by atoms with Gasteiger partial charge >= 0.3 is 0 Å². The molecule has 4 aliphatic rings. The average Bonchev–Trinajstić information content (AvgIpc) is 2.75. The molecule has 104 valence electrons. The van der Waals surface area contributed by atoms with E-state index in [0.29, 0.717) is 17.2 Å². The van der Waals surface area contributed by atoms with Crippen LogP contribution in [-0.2, 0) is 4.79 Å². The number of fused-ring (bicyclic) bond motifs is 3. The molecule has 0 aromatic carbocycles. The second-order valence-electron chi connectivity index (χ2n) is 7.14. The first-order chi connectivity index (χ1) is 9.09. The van der Waals surface area contributed by atoms with Gasteiger partial charge in [-0.2, -0.15) is 0 Å². The minimum Gasteiger partial charge on any atom is -0.305 e. The third kappa shape index (κ3) is 1.71. The Kier molecular flexibility index (Phi) is 2.58. The lowest BCUT2D eigenvalue weighted by Crippen LogP contribution is -2.44. The van der Waals surface area contributed by atoms with E-state index in [2.05, 4.69) is 19.2 Å². The highest BCUT2D eigenvalue weighted by Gasteiger charge is 2.65. The van der Waals surface area contributed by atoms with Crippen LogP contribution in [-0.4, -0.2) is 22.4 Å². The Bertz CT molecular complexity index is 461. The molecule has 4 fully saturated rings. The van der Waals surface area contributed by atoms with Gasteiger partial charge < -0.3 is 5.32 Å². The van der Waals surface area contributed by atoms with Crippen molar-refractivity contribution in [2.75, 3.05) is 0 Å². The molecule has 1 heterocycles. The number of amidine groups is 1. The van der Waals surface area contributed by atoms with E-state index in [0.717, 1.165) is 23.4 Å². The number of nitrogens with one attached hydrogen (secondary N) is 1. The van der Waals surface area contributed by atoms with Gasteiger partial charge in [0.25, 0.3) is 0 Å². The van der Waals surface area contributed by atoms with E-state index in [9.17, 15) is 4.79 Å². The molecule has 5 atom stereocenters. The van der Waals surface area contributed by atoms with E-state index in [1.54, 1.807) is 0 Å². The number of rotatable bonds is 2. The summed E-state index contributed by atoms with van der Waals surface area (Å²) in [7, 11) is 0. The lowest BCUT2D eigenvalue weighted by molar-refractivity contribution is -0.126. The number of hydrogen-bond acceptors (Lipinski definition) is 3. The van der Waals surface area contributed by atoms with Crippen LogP contribution in [0, 0.1) is 23.2 Å². The summed E-state index contributed by atoms with van der Waals surface area (Å²) in [5, 5.41) is 4.49. The SMILES string of the molecule is CC(C)C12CC1SC(=NC1CC3CCC1C3)NC2=O. The lowest BCUT2D eigenvalue weighted by Gasteiger charge is -2.27. The smallest absolute Gasteiger partial charge is 0.233 e. The Morgan fingerprint density at radius 2 is 2.21 bits per heavy atom. The van der Waals surface area contributed by atoms with Crippen LogP contribution in [0.25, 0.3) is 0 Å². The normalized spacial score (nSPS) is 49.6. The van der Waals surface area contributed by atoms with Gasteiger partial charge in [-0.15, -0.1) is 0 Å². The van der Waals surface area contributed by atoms with Crippen LogP contribution in [0.1, 0.15) is 46.0 Å². The molecule has 2 bridgehead atoms. The standard InChI is InChI=1S/C15H22N2OS/c1-8(2)15-7-12(15)19-14(17-13(15)18)16-11-6-9-3-4-10(11)5-9/h8-12H,3-7H2,1-2H3,(H,16,17,18). The van der Waals surface area contributed by atoms with Gasteiger partial charge in [0.1, 0.15) is 0 Å². The first kappa shape index (κ1) is 12.2. The van der Waals surface area contributed by atoms with Gasteiger partial charge in [0, 0.05) is 5.25 Å². The fourth-order valence-corrected chi connectivity index (χ4v) is 6.03. The fraction of sp³-hybridized carbons (Fsp3) is 0.867. The van der Waals surface area contributed by atoms with E-state index in [1.165, 1.54) is 25.7 Å². The number of amides is 1. The number of thioether (sulfide) groups is 1. The van der Waals surface area contributed by atoms with E-state index < -0.39 is 0 Å². The van der Waals surface area contributed by atoms with Gasteiger partial charge in [-0.1, -0.05) is 32.0 Å². The highest BCUT2D eigenvalue weighted by molar-refractivity contribution is 8.14. The van der Waals surface area contributed by atoms with Crippen molar-refractivity contribution in [3.8, 4) is 0 Å². The van der Waals surface area contributed by atoms with Crippen LogP contribution in [0.4, 0.5) is 0 Å². The van der Waals surface area contributed by atoms with Crippen LogP contribution in [0.2, 0.25) is 0 Å². The summed E-state index contributed by atoms with van der Waals surface area (Å²) >= 11 is 1.82. The molecule has 4 rings (SSSR count). The fourth-order valence-electron chi connectivity index (χ4n) is 4.46. The van der Waals surface area contributed by atoms with Gasteiger partial charge in [0.2, 0.25) is 5.91 Å². The Morgan fingerprint density at radius 3 is 2.79 bits per heavy atom. The zero-order chi connectivity index (χ0) is 13.2.